The highest BCUT2D eigenvalue weighted by atomic mass is 35.5. The molecule has 2 heterocycles. The second kappa shape index (κ2) is 8.68. The molecule has 0 aromatic heterocycles. The summed E-state index contributed by atoms with van der Waals surface area (Å²) in [4.78, 5) is 26.5. The number of hydrogen-bond acceptors (Lipinski definition) is 3. The maximum atomic E-state index is 14.3. The highest BCUT2D eigenvalue weighted by Gasteiger charge is 2.61. The average Bonchev–Trinajstić information content (AvgIpc) is 3.33. The molecule has 0 N–H and O–H groups in total. The van der Waals surface area contributed by atoms with E-state index in [1.54, 1.807) is 55.5 Å². The van der Waals surface area contributed by atoms with E-state index >= 15 is 0 Å². The second-order valence-electron chi connectivity index (χ2n) is 8.75. The Morgan fingerprint density at radius 2 is 1.58 bits per heavy atom. The topological polar surface area (TPSA) is 46.6 Å². The zero-order valence-electron chi connectivity index (χ0n) is 18.8. The molecule has 0 bridgehead atoms. The van der Waals surface area contributed by atoms with E-state index in [1.165, 1.54) is 24.3 Å². The first-order valence-corrected chi connectivity index (χ1v) is 11.8. The predicted octanol–water partition coefficient (Wildman–Crippen LogP) is 7.08. The number of ether oxygens (including phenoxy) is 1. The third-order valence-electron chi connectivity index (χ3n) is 6.39. The summed E-state index contributed by atoms with van der Waals surface area (Å²) in [6.07, 6.45) is -1.88. The van der Waals surface area contributed by atoms with E-state index in [-0.39, 0.29) is 33.2 Å². The van der Waals surface area contributed by atoms with Crippen LogP contribution in [0.15, 0.2) is 66.7 Å². The number of rotatable bonds is 4. The Labute approximate surface area is 214 Å². The molecule has 0 spiro atoms. The number of alkyl halides is 3. The van der Waals surface area contributed by atoms with Crippen molar-refractivity contribution in [3.8, 4) is 5.75 Å². The number of benzene rings is 3. The van der Waals surface area contributed by atoms with Gasteiger partial charge in [0.15, 0.2) is 0 Å². The van der Waals surface area contributed by atoms with Crippen LogP contribution in [-0.2, 0) is 12.0 Å². The highest BCUT2D eigenvalue weighted by molar-refractivity contribution is 6.34. The largest absolute Gasteiger partial charge is 0.472 e. The maximum absolute atomic E-state index is 14.3. The summed E-state index contributed by atoms with van der Waals surface area (Å²) in [5, 5.41) is 0.151. The number of carbonyl (C=O) groups excluding carboxylic acids is 2. The van der Waals surface area contributed by atoms with Crippen LogP contribution in [0.5, 0.6) is 5.75 Å². The van der Waals surface area contributed by atoms with Gasteiger partial charge in [0.1, 0.15) is 5.75 Å². The fraction of sp³-hybridized carbons (Fsp3) is 0.185. The van der Waals surface area contributed by atoms with E-state index in [9.17, 15) is 22.8 Å². The van der Waals surface area contributed by atoms with E-state index in [4.69, 9.17) is 27.9 Å². The Bertz CT molecular complexity index is 1380. The summed E-state index contributed by atoms with van der Waals surface area (Å²) in [5.41, 5.74) is -1.15. The molecule has 0 fully saturated rings. The van der Waals surface area contributed by atoms with Crippen molar-refractivity contribution < 1.29 is 27.5 Å². The van der Waals surface area contributed by atoms with E-state index in [0.29, 0.717) is 22.3 Å². The zero-order chi connectivity index (χ0) is 25.8. The molecule has 2 aliphatic rings. The minimum Gasteiger partial charge on any atom is -0.472 e. The van der Waals surface area contributed by atoms with Crippen molar-refractivity contribution in [2.24, 2.45) is 0 Å². The fourth-order valence-corrected chi connectivity index (χ4v) is 5.14. The minimum absolute atomic E-state index is 0.0754. The van der Waals surface area contributed by atoms with Crippen LogP contribution in [0.25, 0.3) is 6.08 Å². The summed E-state index contributed by atoms with van der Waals surface area (Å²) in [5.74, 6) is -0.663. The molecular weight excluding hydrogens is 514 g/mol. The van der Waals surface area contributed by atoms with Crippen LogP contribution >= 0.6 is 23.2 Å². The number of fused-ring (bicyclic) bond motifs is 2. The second-order valence-corrected chi connectivity index (χ2v) is 9.63. The molecule has 0 saturated carbocycles. The van der Waals surface area contributed by atoms with Gasteiger partial charge < -0.3 is 4.74 Å². The van der Waals surface area contributed by atoms with Gasteiger partial charge in [0, 0.05) is 22.0 Å². The van der Waals surface area contributed by atoms with E-state index < -0.39 is 24.2 Å². The molecule has 2 amide bonds. The summed E-state index contributed by atoms with van der Waals surface area (Å²) in [7, 11) is 0. The predicted molar refractivity (Wildman–Crippen MR) is 130 cm³/mol. The molecule has 0 radical (unpaired) electrons. The molecule has 4 nitrogen and oxygen atoms in total. The van der Waals surface area contributed by atoms with Gasteiger partial charge in [-0.2, -0.15) is 13.2 Å². The Balaban J connectivity index is 1.41. The number of halogens is 5. The number of amides is 2. The fourth-order valence-electron chi connectivity index (χ4n) is 4.62. The van der Waals surface area contributed by atoms with Crippen LogP contribution in [0.2, 0.25) is 10.0 Å². The van der Waals surface area contributed by atoms with Crippen LogP contribution in [0, 0.1) is 0 Å². The van der Waals surface area contributed by atoms with Crippen molar-refractivity contribution in [3.05, 3.63) is 105 Å². The standard InChI is InChI=1S/C27H18Cl2F3NO3/c1-15(33-24(34)21-4-2-3-5-22(21)25(33)35)6-7-16-8-9-23-17(10-16)14-26(36-23,27(30,31)32)18-11-19(28)13-20(29)12-18/h2-13,15H,14H2,1H3/b7-6+. The van der Waals surface area contributed by atoms with Crippen LogP contribution in [-0.4, -0.2) is 28.9 Å². The average molecular weight is 532 g/mol. The first kappa shape index (κ1) is 24.4. The monoisotopic (exact) mass is 531 g/mol. The van der Waals surface area contributed by atoms with Gasteiger partial charge in [-0.3, -0.25) is 14.5 Å². The third kappa shape index (κ3) is 3.96. The van der Waals surface area contributed by atoms with Crippen LogP contribution in [0.1, 0.15) is 44.3 Å². The van der Waals surface area contributed by atoms with Gasteiger partial charge >= 0.3 is 6.18 Å². The van der Waals surface area contributed by atoms with Gasteiger partial charge in [-0.1, -0.05) is 53.6 Å². The third-order valence-corrected chi connectivity index (χ3v) is 6.83. The van der Waals surface area contributed by atoms with E-state index in [2.05, 4.69) is 0 Å². The van der Waals surface area contributed by atoms with Crippen LogP contribution in [0.4, 0.5) is 13.2 Å². The first-order chi connectivity index (χ1) is 17.0. The van der Waals surface area contributed by atoms with Gasteiger partial charge in [0.25, 0.3) is 11.8 Å². The molecule has 5 rings (SSSR count). The normalized spacial score (nSPS) is 20.0. The van der Waals surface area contributed by atoms with Crippen molar-refractivity contribution in [2.75, 3.05) is 0 Å². The van der Waals surface area contributed by atoms with Gasteiger partial charge in [-0.15, -0.1) is 0 Å². The SMILES string of the molecule is CC(/C=C/c1ccc2c(c1)CC(c1cc(Cl)cc(Cl)c1)(C(F)(F)F)O2)N1C(=O)c2ccccc2C1=O. The molecule has 0 saturated heterocycles. The lowest BCUT2D eigenvalue weighted by Gasteiger charge is -2.31. The highest BCUT2D eigenvalue weighted by Crippen LogP contribution is 2.51. The lowest BCUT2D eigenvalue weighted by Crippen LogP contribution is -2.46. The van der Waals surface area contributed by atoms with Gasteiger partial charge in [-0.25, -0.2) is 0 Å². The molecule has 184 valence electrons. The molecule has 36 heavy (non-hydrogen) atoms. The Hall–Kier alpha value is -3.29. The molecule has 0 aliphatic carbocycles. The van der Waals surface area contributed by atoms with Crippen LogP contribution < -0.4 is 4.74 Å². The maximum Gasteiger partial charge on any atom is 0.432 e. The number of hydrogen-bond donors (Lipinski definition) is 0. The van der Waals surface area contributed by atoms with Crippen LogP contribution in [0.3, 0.4) is 0 Å². The molecule has 9 heteroatoms. The quantitative estimate of drug-likeness (QED) is 0.338. The minimum atomic E-state index is -4.74. The Kier molecular flexibility index (Phi) is 5.88. The first-order valence-electron chi connectivity index (χ1n) is 11.0. The number of imide groups is 1. The van der Waals surface area contributed by atoms with Crippen molar-refractivity contribution in [2.45, 2.75) is 31.2 Å². The van der Waals surface area contributed by atoms with Gasteiger partial charge in [0.05, 0.1) is 17.2 Å². The van der Waals surface area contributed by atoms with Crippen molar-refractivity contribution in [3.63, 3.8) is 0 Å². The van der Waals surface area contributed by atoms with Crippen molar-refractivity contribution >= 4 is 41.1 Å². The smallest absolute Gasteiger partial charge is 0.432 e. The Morgan fingerprint density at radius 1 is 0.972 bits per heavy atom. The van der Waals surface area contributed by atoms with Crippen molar-refractivity contribution in [1.82, 2.24) is 4.90 Å². The number of carbonyl (C=O) groups is 2. The summed E-state index contributed by atoms with van der Waals surface area (Å²) >= 11 is 12.0. The Morgan fingerprint density at radius 3 is 2.17 bits per heavy atom. The van der Waals surface area contributed by atoms with E-state index in [0.717, 1.165) is 4.90 Å². The molecular formula is C27H18Cl2F3NO3. The lowest BCUT2D eigenvalue weighted by molar-refractivity contribution is -0.248. The van der Waals surface area contributed by atoms with Crippen molar-refractivity contribution in [1.29, 1.82) is 0 Å². The molecule has 2 atom stereocenters. The molecule has 3 aromatic rings. The van der Waals surface area contributed by atoms with E-state index in [1.807, 2.05) is 0 Å². The summed E-state index contributed by atoms with van der Waals surface area (Å²) < 4.78 is 48.6. The van der Waals surface area contributed by atoms with Gasteiger partial charge in [-0.05, 0) is 60.5 Å². The van der Waals surface area contributed by atoms with Gasteiger partial charge in [0.2, 0.25) is 5.60 Å². The molecule has 3 aromatic carbocycles. The summed E-state index contributed by atoms with van der Waals surface area (Å²) in [6.45, 7) is 1.70. The number of nitrogens with zero attached hydrogens (tertiary/aromatic N) is 1. The summed E-state index contributed by atoms with van der Waals surface area (Å²) in [6, 6.07) is 14.5. The molecule has 2 unspecified atom stereocenters. The lowest BCUT2D eigenvalue weighted by atomic mass is 9.88. The molecule has 2 aliphatic heterocycles. The zero-order valence-corrected chi connectivity index (χ0v) is 20.3.